The molecule has 5 heteroatoms. The zero-order chi connectivity index (χ0) is 22.0. The lowest BCUT2D eigenvalue weighted by Crippen LogP contribution is -2.21. The number of hydrogen-bond acceptors (Lipinski definition) is 5. The molecular weight excluding hydrogens is 380 g/mol. The number of Topliss-reactive ketones (excluding diaryl/α,β-unsaturated/α-hetero) is 1. The maximum Gasteiger partial charge on any atom is 0.305 e. The minimum absolute atomic E-state index is 0.0972. The predicted molar refractivity (Wildman–Crippen MR) is 118 cm³/mol. The third-order valence-corrected chi connectivity index (χ3v) is 5.91. The van der Waals surface area contributed by atoms with Gasteiger partial charge in [-0.2, -0.15) is 0 Å². The fourth-order valence-corrected chi connectivity index (χ4v) is 4.07. The largest absolute Gasteiger partial charge is 0.469 e. The van der Waals surface area contributed by atoms with E-state index in [9.17, 15) is 19.8 Å². The number of hydrogen-bond donors (Lipinski definition) is 2. The Morgan fingerprint density at radius 3 is 2.77 bits per heavy atom. The molecular formula is C25H36O5. The molecule has 0 aromatic rings. The molecule has 2 N–H and O–H groups in total. The molecule has 0 amide bonds. The summed E-state index contributed by atoms with van der Waals surface area (Å²) >= 11 is 0. The van der Waals surface area contributed by atoms with Gasteiger partial charge in [-0.3, -0.25) is 9.59 Å². The van der Waals surface area contributed by atoms with Crippen molar-refractivity contribution in [3.05, 3.63) is 48.1 Å². The number of ketones is 1. The van der Waals surface area contributed by atoms with Gasteiger partial charge >= 0.3 is 5.97 Å². The van der Waals surface area contributed by atoms with E-state index in [1.165, 1.54) is 19.1 Å². The van der Waals surface area contributed by atoms with Gasteiger partial charge < -0.3 is 14.9 Å². The summed E-state index contributed by atoms with van der Waals surface area (Å²) in [6, 6.07) is 0. The Morgan fingerprint density at radius 2 is 2.07 bits per heavy atom. The average molecular weight is 417 g/mol. The minimum atomic E-state index is -0.953. The molecule has 1 fully saturated rings. The van der Waals surface area contributed by atoms with E-state index in [4.69, 9.17) is 0 Å². The molecule has 5 nitrogen and oxygen atoms in total. The number of carbonyl (C=O) groups is 2. The summed E-state index contributed by atoms with van der Waals surface area (Å²) in [5.41, 5.74) is 0.321. The molecule has 30 heavy (non-hydrogen) atoms. The Balaban J connectivity index is 1.83. The van der Waals surface area contributed by atoms with Gasteiger partial charge in [-0.25, -0.2) is 0 Å². The van der Waals surface area contributed by atoms with E-state index >= 15 is 0 Å². The van der Waals surface area contributed by atoms with Crippen molar-refractivity contribution in [2.45, 2.75) is 76.4 Å². The van der Waals surface area contributed by atoms with Crippen LogP contribution in [0.25, 0.3) is 0 Å². The Labute approximate surface area is 180 Å². The summed E-state index contributed by atoms with van der Waals surface area (Å²) in [6.45, 7) is 1.77. The first-order valence-corrected chi connectivity index (χ1v) is 11.0. The molecule has 0 heterocycles. The summed E-state index contributed by atoms with van der Waals surface area (Å²) in [5, 5.41) is 20.9. The van der Waals surface area contributed by atoms with E-state index in [1.54, 1.807) is 6.92 Å². The lowest BCUT2D eigenvalue weighted by molar-refractivity contribution is -0.140. The van der Waals surface area contributed by atoms with Gasteiger partial charge in [0.25, 0.3) is 0 Å². The van der Waals surface area contributed by atoms with Crippen LogP contribution >= 0.6 is 0 Å². The first-order chi connectivity index (χ1) is 14.3. The molecule has 0 aromatic heterocycles. The van der Waals surface area contributed by atoms with Gasteiger partial charge in [0.1, 0.15) is 5.78 Å². The number of carbonyl (C=O) groups excluding carboxylic acids is 2. The SMILES string of the molecule is COC(=O)CCC=CCC[C@H]1C(=O)C[C@@H](O)[C@@H]1C=CC[C@@](C)(O)C=CC1=CCCC1. The van der Waals surface area contributed by atoms with Crippen LogP contribution in [0.5, 0.6) is 0 Å². The van der Waals surface area contributed by atoms with E-state index in [0.29, 0.717) is 25.7 Å². The highest BCUT2D eigenvalue weighted by molar-refractivity contribution is 5.84. The van der Waals surface area contributed by atoms with Crippen LogP contribution in [0.15, 0.2) is 48.1 Å². The number of aliphatic hydroxyl groups is 2. The van der Waals surface area contributed by atoms with Crippen LogP contribution in [0, 0.1) is 11.8 Å². The Hall–Kier alpha value is -1.98. The first kappa shape index (κ1) is 24.3. The zero-order valence-electron chi connectivity index (χ0n) is 18.3. The molecule has 0 spiro atoms. The van der Waals surface area contributed by atoms with E-state index in [0.717, 1.165) is 19.3 Å². The number of methoxy groups -OCH3 is 1. The van der Waals surface area contributed by atoms with Gasteiger partial charge in [0.15, 0.2) is 0 Å². The molecule has 0 unspecified atom stereocenters. The Kier molecular flexibility index (Phi) is 9.73. The second-order valence-corrected chi connectivity index (χ2v) is 8.58. The smallest absolute Gasteiger partial charge is 0.305 e. The first-order valence-electron chi connectivity index (χ1n) is 11.0. The van der Waals surface area contributed by atoms with Gasteiger partial charge in [-0.1, -0.05) is 48.1 Å². The van der Waals surface area contributed by atoms with Crippen LogP contribution < -0.4 is 0 Å². The third kappa shape index (κ3) is 8.04. The van der Waals surface area contributed by atoms with Crippen molar-refractivity contribution in [2.75, 3.05) is 7.11 Å². The van der Waals surface area contributed by atoms with Crippen molar-refractivity contribution in [2.24, 2.45) is 11.8 Å². The van der Waals surface area contributed by atoms with Crippen LogP contribution in [0.3, 0.4) is 0 Å². The molecule has 166 valence electrons. The van der Waals surface area contributed by atoms with Gasteiger partial charge in [-0.05, 0) is 51.9 Å². The summed E-state index contributed by atoms with van der Waals surface area (Å²) in [6.07, 6.45) is 19.4. The van der Waals surface area contributed by atoms with Crippen molar-refractivity contribution in [3.8, 4) is 0 Å². The normalized spacial score (nSPS) is 26.7. The average Bonchev–Trinajstić information content (AvgIpc) is 3.31. The molecule has 0 aliphatic heterocycles. The fraction of sp³-hybridized carbons (Fsp3) is 0.600. The quantitative estimate of drug-likeness (QED) is 0.389. The summed E-state index contributed by atoms with van der Waals surface area (Å²) < 4.78 is 4.60. The molecule has 2 aliphatic rings. The number of rotatable bonds is 11. The number of allylic oxidation sites excluding steroid dienone is 5. The summed E-state index contributed by atoms with van der Waals surface area (Å²) in [5.74, 6) is -0.548. The van der Waals surface area contributed by atoms with Gasteiger partial charge in [-0.15, -0.1) is 0 Å². The maximum absolute atomic E-state index is 12.3. The molecule has 4 atom stereocenters. The maximum atomic E-state index is 12.3. The van der Waals surface area contributed by atoms with Gasteiger partial charge in [0.05, 0.1) is 18.8 Å². The molecule has 2 aliphatic carbocycles. The second-order valence-electron chi connectivity index (χ2n) is 8.58. The van der Waals surface area contributed by atoms with Crippen LogP contribution in [0.2, 0.25) is 0 Å². The third-order valence-electron chi connectivity index (χ3n) is 5.91. The molecule has 0 saturated heterocycles. The van der Waals surface area contributed by atoms with E-state index in [1.807, 2.05) is 36.5 Å². The standard InChI is InChI=1S/C25H36O5/c1-25(29,17-15-19-10-7-8-11-19)16-9-13-21-20(22(26)18-23(21)27)12-5-3-4-6-14-24(28)30-2/h3-4,9-10,13,15,17,20-21,23,27,29H,5-8,11-12,14,16,18H2,1-2H3/t20-,21-,23-,25-/m1/s1. The number of ether oxygens (including phenoxy) is 1. The lowest BCUT2D eigenvalue weighted by Gasteiger charge is -2.19. The summed E-state index contributed by atoms with van der Waals surface area (Å²) in [4.78, 5) is 23.4. The van der Waals surface area contributed by atoms with Crippen molar-refractivity contribution in [1.82, 2.24) is 0 Å². The Morgan fingerprint density at radius 1 is 1.30 bits per heavy atom. The monoisotopic (exact) mass is 416 g/mol. The highest BCUT2D eigenvalue weighted by Crippen LogP contribution is 2.34. The highest BCUT2D eigenvalue weighted by Gasteiger charge is 2.39. The number of aliphatic hydroxyl groups excluding tert-OH is 1. The highest BCUT2D eigenvalue weighted by atomic mass is 16.5. The predicted octanol–water partition coefficient (Wildman–Crippen LogP) is 4.21. The molecule has 0 bridgehead atoms. The topological polar surface area (TPSA) is 83.8 Å². The lowest BCUT2D eigenvalue weighted by atomic mass is 9.88. The van der Waals surface area contributed by atoms with Gasteiger partial charge in [0.2, 0.25) is 0 Å². The van der Waals surface area contributed by atoms with Crippen LogP contribution in [-0.2, 0) is 14.3 Å². The van der Waals surface area contributed by atoms with Crippen LogP contribution in [0.1, 0.15) is 64.7 Å². The fourth-order valence-electron chi connectivity index (χ4n) is 4.07. The van der Waals surface area contributed by atoms with E-state index in [-0.39, 0.29) is 30.0 Å². The van der Waals surface area contributed by atoms with E-state index in [2.05, 4.69) is 10.8 Å². The van der Waals surface area contributed by atoms with Crippen molar-refractivity contribution >= 4 is 11.8 Å². The molecule has 0 aromatic carbocycles. The Bertz CT molecular complexity index is 698. The minimum Gasteiger partial charge on any atom is -0.469 e. The van der Waals surface area contributed by atoms with Crippen LogP contribution in [0.4, 0.5) is 0 Å². The van der Waals surface area contributed by atoms with Crippen molar-refractivity contribution < 1.29 is 24.5 Å². The second kappa shape index (κ2) is 12.0. The zero-order valence-corrected chi connectivity index (χ0v) is 18.3. The summed E-state index contributed by atoms with van der Waals surface area (Å²) in [7, 11) is 1.37. The van der Waals surface area contributed by atoms with Crippen LogP contribution in [-0.4, -0.2) is 40.8 Å². The van der Waals surface area contributed by atoms with Gasteiger partial charge in [0, 0.05) is 24.7 Å². The van der Waals surface area contributed by atoms with Crippen molar-refractivity contribution in [1.29, 1.82) is 0 Å². The molecule has 2 rings (SSSR count). The van der Waals surface area contributed by atoms with Crippen molar-refractivity contribution in [3.63, 3.8) is 0 Å². The van der Waals surface area contributed by atoms with E-state index < -0.39 is 11.7 Å². The molecule has 0 radical (unpaired) electrons. The number of esters is 1. The molecule has 1 saturated carbocycles.